The minimum atomic E-state index is -0.863. The number of carbonyl (C=O) groups is 2. The summed E-state index contributed by atoms with van der Waals surface area (Å²) < 4.78 is 0. The third kappa shape index (κ3) is 3.26. The summed E-state index contributed by atoms with van der Waals surface area (Å²) >= 11 is 0. The number of piperidine rings is 1. The van der Waals surface area contributed by atoms with Crippen LogP contribution in [-0.2, 0) is 4.79 Å². The first kappa shape index (κ1) is 14.1. The van der Waals surface area contributed by atoms with Gasteiger partial charge in [-0.25, -0.2) is 4.79 Å². The fraction of sp³-hybridized carbons (Fsp3) is 0.529. The maximum Gasteiger partial charge on any atom is 0.335 e. The van der Waals surface area contributed by atoms with Crippen LogP contribution in [-0.4, -0.2) is 35.0 Å². The van der Waals surface area contributed by atoms with E-state index in [1.54, 1.807) is 12.1 Å². The summed E-state index contributed by atoms with van der Waals surface area (Å²) in [7, 11) is 0. The second-order valence-electron chi connectivity index (χ2n) is 6.19. The van der Waals surface area contributed by atoms with Crippen molar-refractivity contribution in [2.75, 3.05) is 13.1 Å². The van der Waals surface area contributed by atoms with Crippen LogP contribution in [0.1, 0.15) is 53.9 Å². The van der Waals surface area contributed by atoms with Crippen LogP contribution in [0.4, 0.5) is 0 Å². The van der Waals surface area contributed by atoms with Crippen LogP contribution in [0.2, 0.25) is 0 Å². The highest BCUT2D eigenvalue weighted by molar-refractivity contribution is 5.89. The highest BCUT2D eigenvalue weighted by Crippen LogP contribution is 2.35. The highest BCUT2D eigenvalue weighted by atomic mass is 16.4. The van der Waals surface area contributed by atoms with Crippen molar-refractivity contribution in [1.82, 2.24) is 4.90 Å². The molecule has 1 aliphatic carbocycles. The number of carboxylic acids is 1. The molecule has 0 aromatic heterocycles. The van der Waals surface area contributed by atoms with Crippen molar-refractivity contribution in [2.24, 2.45) is 5.92 Å². The fourth-order valence-electron chi connectivity index (χ4n) is 3.19. The van der Waals surface area contributed by atoms with Crippen molar-refractivity contribution in [3.63, 3.8) is 0 Å². The van der Waals surface area contributed by atoms with Gasteiger partial charge in [-0.15, -0.1) is 0 Å². The number of rotatable bonds is 4. The van der Waals surface area contributed by atoms with Gasteiger partial charge in [0, 0.05) is 19.5 Å². The summed E-state index contributed by atoms with van der Waals surface area (Å²) in [6.45, 7) is 1.51. The largest absolute Gasteiger partial charge is 0.478 e. The Morgan fingerprint density at radius 3 is 2.38 bits per heavy atom. The third-order valence-corrected chi connectivity index (χ3v) is 4.64. The fourth-order valence-corrected chi connectivity index (χ4v) is 3.19. The lowest BCUT2D eigenvalue weighted by Crippen LogP contribution is -2.38. The average Bonchev–Trinajstić information content (AvgIpc) is 3.31. The maximum absolute atomic E-state index is 12.1. The minimum absolute atomic E-state index is 0.252. The normalized spacial score (nSPS) is 19.5. The van der Waals surface area contributed by atoms with Gasteiger partial charge in [-0.1, -0.05) is 18.2 Å². The van der Waals surface area contributed by atoms with Crippen molar-refractivity contribution in [1.29, 1.82) is 0 Å². The number of hydrogen-bond acceptors (Lipinski definition) is 2. The van der Waals surface area contributed by atoms with Gasteiger partial charge in [0.05, 0.1) is 5.56 Å². The standard InChI is InChI=1S/C17H21NO3/c19-16(11-12-5-6-12)18-9-7-13(8-10-18)14-3-1-2-4-15(14)17(20)21/h1-4,12-13H,5-11H2,(H,20,21). The molecule has 1 saturated carbocycles. The summed E-state index contributed by atoms with van der Waals surface area (Å²) in [6, 6.07) is 7.24. The average molecular weight is 287 g/mol. The Morgan fingerprint density at radius 2 is 1.76 bits per heavy atom. The molecule has 1 N–H and O–H groups in total. The predicted octanol–water partition coefficient (Wildman–Crippen LogP) is 2.89. The Kier molecular flexibility index (Phi) is 3.95. The molecule has 4 heteroatoms. The molecule has 0 bridgehead atoms. The number of carboxylic acid groups (broad SMARTS) is 1. The SMILES string of the molecule is O=C(O)c1ccccc1C1CCN(C(=O)CC2CC2)CC1. The molecule has 1 aromatic rings. The lowest BCUT2D eigenvalue weighted by atomic mass is 9.86. The molecule has 4 nitrogen and oxygen atoms in total. The van der Waals surface area contributed by atoms with Crippen molar-refractivity contribution >= 4 is 11.9 Å². The predicted molar refractivity (Wildman–Crippen MR) is 79.3 cm³/mol. The summed E-state index contributed by atoms with van der Waals surface area (Å²) in [5.41, 5.74) is 1.32. The highest BCUT2D eigenvalue weighted by Gasteiger charge is 2.30. The van der Waals surface area contributed by atoms with Crippen LogP contribution in [0.3, 0.4) is 0 Å². The molecule has 0 radical (unpaired) electrons. The molecular weight excluding hydrogens is 266 g/mol. The van der Waals surface area contributed by atoms with Crippen molar-refractivity contribution in [3.8, 4) is 0 Å². The Hall–Kier alpha value is -1.84. The number of likely N-dealkylation sites (tertiary alicyclic amines) is 1. The second kappa shape index (κ2) is 5.88. The monoisotopic (exact) mass is 287 g/mol. The number of benzene rings is 1. The summed E-state index contributed by atoms with van der Waals surface area (Å²) in [5, 5.41) is 9.28. The molecule has 2 aliphatic rings. The third-order valence-electron chi connectivity index (χ3n) is 4.64. The Labute approximate surface area is 124 Å². The van der Waals surface area contributed by atoms with E-state index in [0.29, 0.717) is 17.9 Å². The van der Waals surface area contributed by atoms with Gasteiger partial charge in [0.25, 0.3) is 0 Å². The van der Waals surface area contributed by atoms with E-state index < -0.39 is 5.97 Å². The first-order valence-corrected chi connectivity index (χ1v) is 7.75. The van der Waals surface area contributed by atoms with Crippen LogP contribution in [0.25, 0.3) is 0 Å². The first-order chi connectivity index (χ1) is 10.1. The van der Waals surface area contributed by atoms with Gasteiger partial charge < -0.3 is 10.0 Å². The van der Waals surface area contributed by atoms with Crippen molar-refractivity contribution in [3.05, 3.63) is 35.4 Å². The zero-order valence-electron chi connectivity index (χ0n) is 12.1. The Morgan fingerprint density at radius 1 is 1.10 bits per heavy atom. The van der Waals surface area contributed by atoms with Crippen molar-refractivity contribution < 1.29 is 14.7 Å². The summed E-state index contributed by atoms with van der Waals surface area (Å²) in [5.74, 6) is 0.297. The number of carbonyl (C=O) groups excluding carboxylic acids is 1. The van der Waals surface area contributed by atoms with E-state index in [0.717, 1.165) is 31.5 Å². The molecule has 1 amide bonds. The molecule has 0 spiro atoms. The van der Waals surface area contributed by atoms with Gasteiger partial charge in [-0.3, -0.25) is 4.79 Å². The molecule has 112 valence electrons. The molecule has 2 fully saturated rings. The van der Waals surface area contributed by atoms with Gasteiger partial charge in [0.2, 0.25) is 5.91 Å². The Bertz CT molecular complexity index is 543. The van der Waals surface area contributed by atoms with Crippen LogP contribution in [0.15, 0.2) is 24.3 Å². The smallest absolute Gasteiger partial charge is 0.335 e. The lowest BCUT2D eigenvalue weighted by molar-refractivity contribution is -0.132. The van der Waals surface area contributed by atoms with E-state index in [1.165, 1.54) is 12.8 Å². The molecule has 0 unspecified atom stereocenters. The van der Waals surface area contributed by atoms with Crippen molar-refractivity contribution in [2.45, 2.75) is 38.0 Å². The molecular formula is C17H21NO3. The minimum Gasteiger partial charge on any atom is -0.478 e. The zero-order valence-corrected chi connectivity index (χ0v) is 12.1. The first-order valence-electron chi connectivity index (χ1n) is 7.75. The molecule has 21 heavy (non-hydrogen) atoms. The van der Waals surface area contributed by atoms with E-state index in [4.69, 9.17) is 0 Å². The Balaban J connectivity index is 1.63. The zero-order chi connectivity index (χ0) is 14.8. The number of amides is 1. The summed E-state index contributed by atoms with van der Waals surface area (Å²) in [6.07, 6.45) is 4.83. The van der Waals surface area contributed by atoms with Crippen LogP contribution >= 0.6 is 0 Å². The molecule has 1 saturated heterocycles. The maximum atomic E-state index is 12.1. The quantitative estimate of drug-likeness (QED) is 0.926. The molecule has 1 heterocycles. The van der Waals surface area contributed by atoms with Gasteiger partial charge in [0.15, 0.2) is 0 Å². The number of aromatic carboxylic acids is 1. The van der Waals surface area contributed by atoms with Crippen LogP contribution in [0.5, 0.6) is 0 Å². The van der Waals surface area contributed by atoms with E-state index in [2.05, 4.69) is 0 Å². The summed E-state index contributed by atoms with van der Waals surface area (Å²) in [4.78, 5) is 25.4. The van der Waals surface area contributed by atoms with E-state index in [-0.39, 0.29) is 11.8 Å². The van der Waals surface area contributed by atoms with Gasteiger partial charge in [-0.05, 0) is 49.1 Å². The molecule has 1 aromatic carbocycles. The van der Waals surface area contributed by atoms with Gasteiger partial charge >= 0.3 is 5.97 Å². The van der Waals surface area contributed by atoms with Gasteiger partial charge in [0.1, 0.15) is 0 Å². The molecule has 3 rings (SSSR count). The van der Waals surface area contributed by atoms with E-state index in [9.17, 15) is 14.7 Å². The van der Waals surface area contributed by atoms with Gasteiger partial charge in [-0.2, -0.15) is 0 Å². The number of nitrogens with zero attached hydrogens (tertiary/aromatic N) is 1. The van der Waals surface area contributed by atoms with Crippen LogP contribution in [0, 0.1) is 5.92 Å². The van der Waals surface area contributed by atoms with Crippen LogP contribution < -0.4 is 0 Å². The molecule has 0 atom stereocenters. The second-order valence-corrected chi connectivity index (χ2v) is 6.19. The van der Waals surface area contributed by atoms with E-state index >= 15 is 0 Å². The number of hydrogen-bond donors (Lipinski definition) is 1. The van der Waals surface area contributed by atoms with E-state index in [1.807, 2.05) is 17.0 Å². The lowest BCUT2D eigenvalue weighted by Gasteiger charge is -2.32. The topological polar surface area (TPSA) is 57.6 Å². The molecule has 1 aliphatic heterocycles.